The van der Waals surface area contributed by atoms with Crippen molar-refractivity contribution in [1.29, 1.82) is 0 Å². The van der Waals surface area contributed by atoms with Gasteiger partial charge in [0, 0.05) is 24.7 Å². The van der Waals surface area contributed by atoms with Crippen LogP contribution in [0.1, 0.15) is 38.2 Å². The molecule has 0 spiro atoms. The quantitative estimate of drug-likeness (QED) is 0.501. The number of benzene rings is 1. The topological polar surface area (TPSA) is 85.1 Å². The number of nitrogens with zero attached hydrogens (tertiary/aromatic N) is 2. The van der Waals surface area contributed by atoms with Crippen molar-refractivity contribution < 1.29 is 22.3 Å². The number of halogens is 4. The molecule has 0 radical (unpaired) electrons. The second kappa shape index (κ2) is 9.70. The first-order chi connectivity index (χ1) is 15.7. The van der Waals surface area contributed by atoms with Gasteiger partial charge in [0.15, 0.2) is 11.6 Å². The van der Waals surface area contributed by atoms with E-state index in [1.807, 2.05) is 0 Å². The number of rotatable bonds is 7. The molecule has 2 aliphatic carbocycles. The molecule has 2 aromatic rings. The van der Waals surface area contributed by atoms with Crippen molar-refractivity contribution in [2.24, 2.45) is 29.4 Å². The average molecular weight is 468 g/mol. The van der Waals surface area contributed by atoms with Crippen LogP contribution < -0.4 is 21.1 Å². The number of hydrogen-bond donors (Lipinski definition) is 3. The van der Waals surface area contributed by atoms with E-state index in [4.69, 9.17) is 5.73 Å². The molecule has 4 rings (SSSR count). The fourth-order valence-corrected chi connectivity index (χ4v) is 5.30. The second-order valence-corrected chi connectivity index (χ2v) is 9.27. The zero-order chi connectivity index (χ0) is 23.6. The van der Waals surface area contributed by atoms with Crippen molar-refractivity contribution in [3.05, 3.63) is 41.8 Å². The Morgan fingerprint density at radius 1 is 1.12 bits per heavy atom. The minimum absolute atomic E-state index is 0.0145. The van der Waals surface area contributed by atoms with E-state index in [-0.39, 0.29) is 35.7 Å². The third-order valence-electron chi connectivity index (χ3n) is 6.78. The van der Waals surface area contributed by atoms with Gasteiger partial charge in [0.05, 0.1) is 6.20 Å². The van der Waals surface area contributed by atoms with Gasteiger partial charge in [-0.05, 0) is 55.4 Å². The molecular formula is C23H29F4N5O. The van der Waals surface area contributed by atoms with Gasteiger partial charge >= 0.3 is 6.36 Å². The van der Waals surface area contributed by atoms with Crippen LogP contribution in [-0.4, -0.2) is 28.9 Å². The minimum Gasteiger partial charge on any atom is -0.405 e. The van der Waals surface area contributed by atoms with Gasteiger partial charge in [-0.15, -0.1) is 13.2 Å². The lowest BCUT2D eigenvalue weighted by molar-refractivity contribution is -0.274. The normalized spacial score (nSPS) is 27.2. The summed E-state index contributed by atoms with van der Waals surface area (Å²) < 4.78 is 56.2. The molecule has 0 amide bonds. The maximum Gasteiger partial charge on any atom is 0.573 e. The molecule has 10 heteroatoms. The van der Waals surface area contributed by atoms with Crippen LogP contribution in [0.25, 0.3) is 0 Å². The molecule has 2 aliphatic rings. The van der Waals surface area contributed by atoms with E-state index in [9.17, 15) is 17.6 Å². The first-order valence-corrected chi connectivity index (χ1v) is 11.3. The first-order valence-electron chi connectivity index (χ1n) is 11.3. The number of ether oxygens (including phenoxy) is 1. The monoisotopic (exact) mass is 467 g/mol. The van der Waals surface area contributed by atoms with Crippen LogP contribution >= 0.6 is 0 Å². The summed E-state index contributed by atoms with van der Waals surface area (Å²) >= 11 is 0. The molecule has 33 heavy (non-hydrogen) atoms. The molecule has 1 aromatic carbocycles. The van der Waals surface area contributed by atoms with Gasteiger partial charge < -0.3 is 21.1 Å². The number of nitrogens with two attached hydrogens (primary N) is 1. The molecule has 6 nitrogen and oxygen atoms in total. The fraction of sp³-hybridized carbons (Fsp3) is 0.565. The molecule has 2 fully saturated rings. The van der Waals surface area contributed by atoms with Crippen LogP contribution in [0.5, 0.6) is 5.75 Å². The Kier molecular flexibility index (Phi) is 6.92. The van der Waals surface area contributed by atoms with Crippen molar-refractivity contribution in [2.75, 3.05) is 17.2 Å². The van der Waals surface area contributed by atoms with Crippen LogP contribution in [0.4, 0.5) is 29.3 Å². The van der Waals surface area contributed by atoms with E-state index in [1.54, 1.807) is 6.07 Å². The van der Waals surface area contributed by atoms with E-state index >= 15 is 0 Å². The van der Waals surface area contributed by atoms with Crippen LogP contribution in [0.2, 0.25) is 0 Å². The Bertz CT molecular complexity index is 955. The van der Waals surface area contributed by atoms with Crippen molar-refractivity contribution in [3.8, 4) is 5.75 Å². The standard InChI is InChI=1S/C23H29F4N5O/c1-13-6-14-7-15(9-17(8-14)20(13)28)10-29-21-18(24)12-31-22(32-21)30-11-16-4-2-3-5-19(16)33-23(25,26)27/h2-5,12-15,17,20H,6-11,28H2,1H3,(H2,29,30,31,32)/t13-,14?,15-,17-,20+/m1/s1. The van der Waals surface area contributed by atoms with E-state index in [0.717, 1.165) is 25.5 Å². The maximum atomic E-state index is 14.3. The minimum atomic E-state index is -4.79. The highest BCUT2D eigenvalue weighted by Gasteiger charge is 2.39. The summed E-state index contributed by atoms with van der Waals surface area (Å²) in [4.78, 5) is 8.08. The smallest absolute Gasteiger partial charge is 0.405 e. The predicted molar refractivity (Wildman–Crippen MR) is 117 cm³/mol. The predicted octanol–water partition coefficient (Wildman–Crippen LogP) is 4.94. The van der Waals surface area contributed by atoms with Crippen LogP contribution in [-0.2, 0) is 6.54 Å². The van der Waals surface area contributed by atoms with Crippen LogP contribution in [0, 0.1) is 29.5 Å². The Morgan fingerprint density at radius 2 is 1.91 bits per heavy atom. The third kappa shape index (κ3) is 6.04. The highest BCUT2D eigenvalue weighted by molar-refractivity contribution is 5.42. The summed E-state index contributed by atoms with van der Waals surface area (Å²) in [5.41, 5.74) is 6.66. The molecule has 5 atom stereocenters. The third-order valence-corrected chi connectivity index (χ3v) is 6.78. The number of fused-ring (bicyclic) bond motifs is 2. The van der Waals surface area contributed by atoms with Crippen molar-refractivity contribution in [1.82, 2.24) is 9.97 Å². The lowest BCUT2D eigenvalue weighted by Crippen LogP contribution is -2.46. The van der Waals surface area contributed by atoms with Gasteiger partial charge in [-0.3, -0.25) is 0 Å². The lowest BCUT2D eigenvalue weighted by Gasteiger charge is -2.45. The van der Waals surface area contributed by atoms with Crippen LogP contribution in [0.15, 0.2) is 30.5 Å². The molecule has 0 aliphatic heterocycles. The van der Waals surface area contributed by atoms with E-state index < -0.39 is 12.2 Å². The molecule has 1 aromatic heterocycles. The SMILES string of the molecule is C[C@@H]1CC2C[C@@H](CNc3nc(NCc4ccccc4OC(F)(F)F)ncc3F)C[C@@H](C2)[C@H]1N. The number of alkyl halides is 3. The number of anilines is 2. The van der Waals surface area contributed by atoms with Gasteiger partial charge in [0.2, 0.25) is 5.95 Å². The highest BCUT2D eigenvalue weighted by Crippen LogP contribution is 2.44. The van der Waals surface area contributed by atoms with Gasteiger partial charge in [0.1, 0.15) is 5.75 Å². The van der Waals surface area contributed by atoms with E-state index in [0.29, 0.717) is 30.2 Å². The average Bonchev–Trinajstić information content (AvgIpc) is 2.76. The zero-order valence-corrected chi connectivity index (χ0v) is 18.4. The van der Waals surface area contributed by atoms with Gasteiger partial charge in [-0.25, -0.2) is 9.37 Å². The van der Waals surface area contributed by atoms with Gasteiger partial charge in [-0.1, -0.05) is 25.1 Å². The second-order valence-electron chi connectivity index (χ2n) is 9.27. The fourth-order valence-electron chi connectivity index (χ4n) is 5.30. The van der Waals surface area contributed by atoms with Crippen LogP contribution in [0.3, 0.4) is 0 Å². The number of aromatic nitrogens is 2. The molecule has 1 heterocycles. The Morgan fingerprint density at radius 3 is 2.70 bits per heavy atom. The molecule has 0 saturated heterocycles. The Balaban J connectivity index is 1.36. The molecule has 2 saturated carbocycles. The summed E-state index contributed by atoms with van der Waals surface area (Å²) in [7, 11) is 0. The number of nitrogens with one attached hydrogen (secondary N) is 2. The highest BCUT2D eigenvalue weighted by atomic mass is 19.4. The molecule has 2 bridgehead atoms. The summed E-state index contributed by atoms with van der Waals surface area (Å²) in [5, 5.41) is 5.94. The van der Waals surface area contributed by atoms with Crippen molar-refractivity contribution in [2.45, 2.75) is 51.6 Å². The lowest BCUT2D eigenvalue weighted by atomic mass is 9.63. The van der Waals surface area contributed by atoms with Crippen molar-refractivity contribution in [3.63, 3.8) is 0 Å². The van der Waals surface area contributed by atoms with Gasteiger partial charge in [0.25, 0.3) is 0 Å². The largest absolute Gasteiger partial charge is 0.573 e. The molecule has 1 unspecified atom stereocenters. The molecule has 4 N–H and O–H groups in total. The Hall–Kier alpha value is -2.62. The summed E-state index contributed by atoms with van der Waals surface area (Å²) in [6.45, 7) is 2.80. The molecule has 180 valence electrons. The van der Waals surface area contributed by atoms with E-state index in [2.05, 4.69) is 32.3 Å². The summed E-state index contributed by atoms with van der Waals surface area (Å²) in [6.07, 6.45) is 0.681. The summed E-state index contributed by atoms with van der Waals surface area (Å²) in [6, 6.07) is 6.01. The molecular weight excluding hydrogens is 438 g/mol. The van der Waals surface area contributed by atoms with Gasteiger partial charge in [-0.2, -0.15) is 4.98 Å². The summed E-state index contributed by atoms with van der Waals surface area (Å²) in [5.74, 6) is 1.39. The number of hydrogen-bond acceptors (Lipinski definition) is 6. The Labute approximate surface area is 190 Å². The number of para-hydroxylation sites is 1. The zero-order valence-electron chi connectivity index (χ0n) is 18.4. The van der Waals surface area contributed by atoms with Crippen molar-refractivity contribution >= 4 is 11.8 Å². The van der Waals surface area contributed by atoms with E-state index in [1.165, 1.54) is 24.6 Å². The maximum absolute atomic E-state index is 14.3. The first kappa shape index (κ1) is 23.5.